The molecule has 26 heavy (non-hydrogen) atoms. The Labute approximate surface area is 154 Å². The van der Waals surface area contributed by atoms with Gasteiger partial charge in [0.2, 0.25) is 0 Å². The zero-order chi connectivity index (χ0) is 18.5. The first kappa shape index (κ1) is 17.7. The van der Waals surface area contributed by atoms with E-state index in [1.807, 2.05) is 0 Å². The summed E-state index contributed by atoms with van der Waals surface area (Å²) in [6.07, 6.45) is 1.41. The highest BCUT2D eigenvalue weighted by atomic mass is 35.5. The molecule has 3 rings (SSSR count). The Morgan fingerprint density at radius 2 is 1.96 bits per heavy atom. The van der Waals surface area contributed by atoms with Crippen LogP contribution in [-0.2, 0) is 0 Å². The third kappa shape index (κ3) is 4.10. The van der Waals surface area contributed by atoms with Gasteiger partial charge in [-0.1, -0.05) is 23.7 Å². The predicted octanol–water partition coefficient (Wildman–Crippen LogP) is 4.88. The normalized spacial score (nSPS) is 10.3. The summed E-state index contributed by atoms with van der Waals surface area (Å²) >= 11 is 6.08. The van der Waals surface area contributed by atoms with Crippen molar-refractivity contribution in [3.63, 3.8) is 0 Å². The van der Waals surface area contributed by atoms with Crippen LogP contribution in [0.1, 0.15) is 10.4 Å². The lowest BCUT2D eigenvalue weighted by atomic mass is 10.2. The molecule has 0 fully saturated rings. The number of hydrogen-bond acceptors (Lipinski definition) is 4. The molecule has 0 aliphatic rings. The highest BCUT2D eigenvalue weighted by Gasteiger charge is 2.10. The minimum Gasteiger partial charge on any atom is -0.495 e. The summed E-state index contributed by atoms with van der Waals surface area (Å²) in [6, 6.07) is 14.4. The molecule has 0 radical (unpaired) electrons. The van der Waals surface area contributed by atoms with E-state index in [0.717, 1.165) is 5.69 Å². The molecule has 7 heteroatoms. The molecule has 0 saturated carbocycles. The van der Waals surface area contributed by atoms with Crippen LogP contribution in [0.4, 0.5) is 21.6 Å². The molecule has 0 spiro atoms. The summed E-state index contributed by atoms with van der Waals surface area (Å²) in [7, 11) is 1.54. The number of methoxy groups -OCH3 is 1. The number of benzene rings is 2. The molecule has 0 saturated heterocycles. The number of anilines is 3. The Hall–Kier alpha value is -3.12. The van der Waals surface area contributed by atoms with Gasteiger partial charge in [-0.05, 0) is 42.5 Å². The maximum absolute atomic E-state index is 13.6. The number of halogens is 2. The molecule has 1 heterocycles. The van der Waals surface area contributed by atoms with Crippen molar-refractivity contribution in [1.29, 1.82) is 0 Å². The van der Waals surface area contributed by atoms with Gasteiger partial charge >= 0.3 is 0 Å². The Bertz CT molecular complexity index is 932. The fourth-order valence-electron chi connectivity index (χ4n) is 2.25. The van der Waals surface area contributed by atoms with Crippen molar-refractivity contribution in [1.82, 2.24) is 4.98 Å². The smallest absolute Gasteiger partial charge is 0.257 e. The van der Waals surface area contributed by atoms with Gasteiger partial charge in [0, 0.05) is 11.9 Å². The van der Waals surface area contributed by atoms with E-state index in [2.05, 4.69) is 15.6 Å². The summed E-state index contributed by atoms with van der Waals surface area (Å²) in [5, 5.41) is 6.06. The number of nitrogens with zero attached hydrogens (tertiary/aromatic N) is 1. The van der Waals surface area contributed by atoms with Crippen LogP contribution in [0, 0.1) is 5.82 Å². The zero-order valence-corrected chi connectivity index (χ0v) is 14.5. The van der Waals surface area contributed by atoms with E-state index < -0.39 is 11.7 Å². The lowest BCUT2D eigenvalue weighted by molar-refractivity contribution is 0.102. The molecule has 2 N–H and O–H groups in total. The molecule has 0 bridgehead atoms. The summed E-state index contributed by atoms with van der Waals surface area (Å²) in [6.45, 7) is 0. The molecular formula is C19H15ClFN3O2. The molecule has 3 aromatic rings. The number of rotatable bonds is 5. The number of amides is 1. The molecule has 0 aliphatic heterocycles. The van der Waals surface area contributed by atoms with Gasteiger partial charge in [-0.15, -0.1) is 0 Å². The van der Waals surface area contributed by atoms with Crippen molar-refractivity contribution in [2.45, 2.75) is 0 Å². The monoisotopic (exact) mass is 371 g/mol. The molecular weight excluding hydrogens is 357 g/mol. The van der Waals surface area contributed by atoms with Crippen LogP contribution < -0.4 is 15.4 Å². The number of carbonyl (C=O) groups excluding carboxylic acids is 1. The van der Waals surface area contributed by atoms with Gasteiger partial charge < -0.3 is 15.4 Å². The lowest BCUT2D eigenvalue weighted by Crippen LogP contribution is -2.13. The number of nitrogens with one attached hydrogen (secondary N) is 2. The Balaban J connectivity index is 1.69. The number of aromatic nitrogens is 1. The van der Waals surface area contributed by atoms with E-state index in [4.69, 9.17) is 16.3 Å². The fourth-order valence-corrected chi connectivity index (χ4v) is 2.51. The molecule has 132 valence electrons. The molecule has 5 nitrogen and oxygen atoms in total. The predicted molar refractivity (Wildman–Crippen MR) is 99.9 cm³/mol. The van der Waals surface area contributed by atoms with Crippen molar-refractivity contribution in [3.05, 3.63) is 77.2 Å². The minimum absolute atomic E-state index is 0.118. The molecule has 1 aromatic heterocycles. The van der Waals surface area contributed by atoms with Crippen molar-refractivity contribution < 1.29 is 13.9 Å². The van der Waals surface area contributed by atoms with E-state index in [0.29, 0.717) is 22.2 Å². The second-order valence-corrected chi connectivity index (χ2v) is 5.75. The van der Waals surface area contributed by atoms with Crippen LogP contribution in [0.25, 0.3) is 0 Å². The third-order valence-electron chi connectivity index (χ3n) is 3.57. The summed E-state index contributed by atoms with van der Waals surface area (Å²) in [5.41, 5.74) is 1.16. The van der Waals surface area contributed by atoms with Crippen molar-refractivity contribution in [2.75, 3.05) is 17.7 Å². The minimum atomic E-state index is -0.497. The van der Waals surface area contributed by atoms with E-state index in [-0.39, 0.29) is 5.69 Å². The quantitative estimate of drug-likeness (QED) is 0.671. The average molecular weight is 372 g/mol. The van der Waals surface area contributed by atoms with Gasteiger partial charge in [0.05, 0.1) is 23.4 Å². The van der Waals surface area contributed by atoms with E-state index in [1.54, 1.807) is 49.6 Å². The first-order valence-corrected chi connectivity index (χ1v) is 8.07. The van der Waals surface area contributed by atoms with Crippen molar-refractivity contribution in [2.24, 2.45) is 0 Å². The first-order valence-electron chi connectivity index (χ1n) is 7.69. The fraction of sp³-hybridized carbons (Fsp3) is 0.0526. The van der Waals surface area contributed by atoms with Crippen LogP contribution in [0.15, 0.2) is 60.8 Å². The number of pyridine rings is 1. The van der Waals surface area contributed by atoms with Gasteiger partial charge in [0.25, 0.3) is 5.91 Å². The first-order chi connectivity index (χ1) is 12.6. The summed E-state index contributed by atoms with van der Waals surface area (Å²) < 4.78 is 18.7. The Kier molecular flexibility index (Phi) is 5.34. The highest BCUT2D eigenvalue weighted by molar-refractivity contribution is 6.32. The molecule has 0 aliphatic carbocycles. The zero-order valence-electron chi connectivity index (χ0n) is 13.8. The van der Waals surface area contributed by atoms with Crippen LogP contribution >= 0.6 is 11.6 Å². The molecule has 1 amide bonds. The number of ether oxygens (including phenoxy) is 1. The summed E-state index contributed by atoms with van der Waals surface area (Å²) in [5.74, 6) is 0.170. The van der Waals surface area contributed by atoms with Crippen molar-refractivity contribution in [3.8, 4) is 5.75 Å². The van der Waals surface area contributed by atoms with E-state index >= 15 is 0 Å². The lowest BCUT2D eigenvalue weighted by Gasteiger charge is -2.09. The van der Waals surface area contributed by atoms with Crippen LogP contribution in [0.5, 0.6) is 5.75 Å². The van der Waals surface area contributed by atoms with Gasteiger partial charge in [-0.3, -0.25) is 4.79 Å². The van der Waals surface area contributed by atoms with Crippen LogP contribution in [0.3, 0.4) is 0 Å². The average Bonchev–Trinajstić information content (AvgIpc) is 2.64. The van der Waals surface area contributed by atoms with Gasteiger partial charge in [-0.25, -0.2) is 9.37 Å². The maximum atomic E-state index is 13.6. The topological polar surface area (TPSA) is 63.2 Å². The second-order valence-electron chi connectivity index (χ2n) is 5.34. The van der Waals surface area contributed by atoms with Gasteiger partial charge in [0.15, 0.2) is 0 Å². The third-order valence-corrected chi connectivity index (χ3v) is 3.87. The van der Waals surface area contributed by atoms with E-state index in [9.17, 15) is 9.18 Å². The Morgan fingerprint density at radius 1 is 1.15 bits per heavy atom. The van der Waals surface area contributed by atoms with Gasteiger partial charge in [0.1, 0.15) is 17.4 Å². The molecule has 0 unspecified atom stereocenters. The van der Waals surface area contributed by atoms with Crippen LogP contribution in [0.2, 0.25) is 5.02 Å². The largest absolute Gasteiger partial charge is 0.495 e. The number of hydrogen-bond donors (Lipinski definition) is 2. The van der Waals surface area contributed by atoms with Crippen molar-refractivity contribution >= 4 is 34.7 Å². The maximum Gasteiger partial charge on any atom is 0.257 e. The SMILES string of the molecule is COc1ccc(Nc2ccc(C(=O)Nc3ccccc3F)cn2)cc1Cl. The Morgan fingerprint density at radius 3 is 2.62 bits per heavy atom. The second kappa shape index (κ2) is 7.84. The van der Waals surface area contributed by atoms with Crippen LogP contribution in [-0.4, -0.2) is 18.0 Å². The molecule has 2 aromatic carbocycles. The van der Waals surface area contributed by atoms with E-state index in [1.165, 1.54) is 18.3 Å². The number of carbonyl (C=O) groups is 1. The molecule has 0 atom stereocenters. The summed E-state index contributed by atoms with van der Waals surface area (Å²) in [4.78, 5) is 16.4. The number of para-hydroxylation sites is 1. The standard InChI is InChI=1S/C19H15ClFN3O2/c1-26-17-8-7-13(10-14(17)20)23-18-9-6-12(11-22-18)19(25)24-16-5-3-2-4-15(16)21/h2-11H,1H3,(H,22,23)(H,24,25). The highest BCUT2D eigenvalue weighted by Crippen LogP contribution is 2.28. The van der Waals surface area contributed by atoms with Gasteiger partial charge in [-0.2, -0.15) is 0 Å².